The molecule has 0 bridgehead atoms. The highest BCUT2D eigenvalue weighted by atomic mass is 16.2. The molecule has 0 N–H and O–H groups in total. The summed E-state index contributed by atoms with van der Waals surface area (Å²) in [6.07, 6.45) is 15.7. The van der Waals surface area contributed by atoms with Crippen LogP contribution in [-0.2, 0) is 4.79 Å². The number of allylic oxidation sites excluding steroid dienone is 2. The van der Waals surface area contributed by atoms with E-state index in [9.17, 15) is 4.79 Å². The van der Waals surface area contributed by atoms with Gasteiger partial charge in [0.15, 0.2) is 0 Å². The fraction of sp³-hybridized carbons (Fsp3) is 0.704. The van der Waals surface area contributed by atoms with Gasteiger partial charge in [0.1, 0.15) is 0 Å². The van der Waals surface area contributed by atoms with Crippen LogP contribution in [0.25, 0.3) is 5.57 Å². The lowest BCUT2D eigenvalue weighted by molar-refractivity contribution is -0.150. The SMILES string of the molecule is CC.Cc1cncc(C2=CCC3C4CCN5C(=O)CCCCC5(C)C4CCC23C)c1. The monoisotopic (exact) mass is 408 g/mol. The van der Waals surface area contributed by atoms with E-state index in [4.69, 9.17) is 0 Å². The van der Waals surface area contributed by atoms with Gasteiger partial charge in [0.2, 0.25) is 5.91 Å². The zero-order valence-corrected chi connectivity index (χ0v) is 19.7. The van der Waals surface area contributed by atoms with Crippen molar-refractivity contribution in [1.29, 1.82) is 0 Å². The highest BCUT2D eigenvalue weighted by Crippen LogP contribution is 2.63. The molecule has 0 radical (unpaired) electrons. The van der Waals surface area contributed by atoms with Gasteiger partial charge in [-0.05, 0) is 98.3 Å². The van der Waals surface area contributed by atoms with Crippen molar-refractivity contribution in [2.45, 2.75) is 91.5 Å². The molecule has 3 fully saturated rings. The minimum atomic E-state index is 0.0888. The molecule has 4 aliphatic rings. The molecule has 1 aromatic heterocycles. The number of fused-ring (bicyclic) bond motifs is 5. The molecule has 30 heavy (non-hydrogen) atoms. The smallest absolute Gasteiger partial charge is 0.223 e. The Balaban J connectivity index is 0.00000106. The molecular formula is C27H40N2O. The van der Waals surface area contributed by atoms with Crippen LogP contribution in [0, 0.1) is 30.1 Å². The summed E-state index contributed by atoms with van der Waals surface area (Å²) in [4.78, 5) is 19.6. The van der Waals surface area contributed by atoms with Gasteiger partial charge in [0.25, 0.3) is 0 Å². The van der Waals surface area contributed by atoms with Crippen molar-refractivity contribution in [2.75, 3.05) is 6.54 Å². The standard InChI is InChI=1S/C25H34N2O.C2H6/c1-17-14-18(16-26-15-17)20-7-8-21-19-10-13-27-23(28)6-4-5-11-25(27,3)22(19)9-12-24(20,21)2;1-2/h7,14-16,19,21-22H,4-6,8-13H2,1-3H3;1-2H3. The Morgan fingerprint density at radius 3 is 2.63 bits per heavy atom. The number of pyridine rings is 1. The zero-order chi connectivity index (χ0) is 21.5. The number of carbonyl (C=O) groups excluding carboxylic acids is 1. The van der Waals surface area contributed by atoms with E-state index in [1.54, 1.807) is 0 Å². The predicted octanol–water partition coefficient (Wildman–Crippen LogP) is 6.42. The number of rotatable bonds is 1. The second-order valence-electron chi connectivity index (χ2n) is 10.3. The van der Waals surface area contributed by atoms with Gasteiger partial charge >= 0.3 is 0 Å². The molecule has 3 nitrogen and oxygen atoms in total. The van der Waals surface area contributed by atoms with Gasteiger partial charge in [-0.1, -0.05) is 33.3 Å². The van der Waals surface area contributed by atoms with Gasteiger partial charge < -0.3 is 4.90 Å². The maximum absolute atomic E-state index is 12.8. The summed E-state index contributed by atoms with van der Waals surface area (Å²) in [5.41, 5.74) is 4.47. The number of hydrogen-bond donors (Lipinski definition) is 0. The van der Waals surface area contributed by atoms with E-state index in [0.717, 1.165) is 31.2 Å². The Bertz CT molecular complexity index is 830. The summed E-state index contributed by atoms with van der Waals surface area (Å²) >= 11 is 0. The molecule has 2 aliphatic carbocycles. The van der Waals surface area contributed by atoms with Gasteiger partial charge in [-0.25, -0.2) is 0 Å². The van der Waals surface area contributed by atoms with E-state index in [1.165, 1.54) is 55.2 Å². The van der Waals surface area contributed by atoms with Crippen molar-refractivity contribution in [3.8, 4) is 0 Å². The van der Waals surface area contributed by atoms with E-state index in [2.05, 4.69) is 49.0 Å². The molecule has 3 heterocycles. The van der Waals surface area contributed by atoms with Crippen LogP contribution < -0.4 is 0 Å². The summed E-state index contributed by atoms with van der Waals surface area (Å²) < 4.78 is 0. The van der Waals surface area contributed by atoms with Crippen molar-refractivity contribution in [2.24, 2.45) is 23.2 Å². The predicted molar refractivity (Wildman–Crippen MR) is 124 cm³/mol. The average Bonchev–Trinajstić information content (AvgIpc) is 3.02. The molecule has 2 aliphatic heterocycles. The molecule has 0 spiro atoms. The van der Waals surface area contributed by atoms with Crippen molar-refractivity contribution >= 4 is 11.5 Å². The van der Waals surface area contributed by atoms with Crippen molar-refractivity contribution in [1.82, 2.24) is 9.88 Å². The molecule has 0 aromatic carbocycles. The van der Waals surface area contributed by atoms with Crippen LogP contribution in [0.5, 0.6) is 0 Å². The Morgan fingerprint density at radius 2 is 1.87 bits per heavy atom. The Kier molecular flexibility index (Phi) is 5.85. The molecule has 1 saturated carbocycles. The first-order valence-electron chi connectivity index (χ1n) is 12.4. The van der Waals surface area contributed by atoms with E-state index >= 15 is 0 Å². The zero-order valence-electron chi connectivity index (χ0n) is 19.7. The topological polar surface area (TPSA) is 33.2 Å². The highest BCUT2D eigenvalue weighted by Gasteiger charge is 2.58. The lowest BCUT2D eigenvalue weighted by Gasteiger charge is -2.59. The number of hydrogen-bond acceptors (Lipinski definition) is 2. The van der Waals surface area contributed by atoms with Crippen molar-refractivity contribution in [3.63, 3.8) is 0 Å². The molecule has 5 rings (SSSR count). The van der Waals surface area contributed by atoms with E-state index in [1.807, 2.05) is 20.0 Å². The van der Waals surface area contributed by atoms with Gasteiger partial charge in [-0.2, -0.15) is 0 Å². The van der Waals surface area contributed by atoms with Gasteiger partial charge in [-0.15, -0.1) is 0 Å². The van der Waals surface area contributed by atoms with Crippen LogP contribution in [0.3, 0.4) is 0 Å². The Labute approximate surface area is 183 Å². The van der Waals surface area contributed by atoms with Crippen LogP contribution >= 0.6 is 0 Å². The van der Waals surface area contributed by atoms with Crippen molar-refractivity contribution in [3.05, 3.63) is 35.7 Å². The summed E-state index contributed by atoms with van der Waals surface area (Å²) in [5.74, 6) is 2.56. The maximum atomic E-state index is 12.8. The fourth-order valence-electron chi connectivity index (χ4n) is 7.54. The van der Waals surface area contributed by atoms with Gasteiger partial charge in [0.05, 0.1) is 0 Å². The number of aromatic nitrogens is 1. The molecule has 5 unspecified atom stereocenters. The van der Waals surface area contributed by atoms with E-state index < -0.39 is 0 Å². The normalized spacial score (nSPS) is 37.8. The van der Waals surface area contributed by atoms with Crippen LogP contribution in [0.15, 0.2) is 24.5 Å². The summed E-state index contributed by atoms with van der Waals surface area (Å²) in [5, 5.41) is 0. The van der Waals surface area contributed by atoms with E-state index in [0.29, 0.717) is 11.8 Å². The summed E-state index contributed by atoms with van der Waals surface area (Å²) in [7, 11) is 0. The van der Waals surface area contributed by atoms with Gasteiger partial charge in [-0.3, -0.25) is 9.78 Å². The molecule has 2 saturated heterocycles. The van der Waals surface area contributed by atoms with Gasteiger partial charge in [0, 0.05) is 30.9 Å². The lowest BCUT2D eigenvalue weighted by Crippen LogP contribution is -2.62. The number of amides is 1. The van der Waals surface area contributed by atoms with Crippen LogP contribution in [0.1, 0.15) is 90.2 Å². The first kappa shape index (κ1) is 21.6. The second kappa shape index (κ2) is 8.13. The Hall–Kier alpha value is -1.64. The number of carbonyl (C=O) groups is 1. The minimum absolute atomic E-state index is 0.0888. The minimum Gasteiger partial charge on any atom is -0.337 e. The van der Waals surface area contributed by atoms with Crippen LogP contribution in [-0.4, -0.2) is 27.9 Å². The first-order valence-corrected chi connectivity index (χ1v) is 12.4. The van der Waals surface area contributed by atoms with Crippen LogP contribution in [0.4, 0.5) is 0 Å². The summed E-state index contributed by atoms with van der Waals surface area (Å²) in [6.45, 7) is 12.1. The third-order valence-corrected chi connectivity index (χ3v) is 8.93. The fourth-order valence-corrected chi connectivity index (χ4v) is 7.54. The summed E-state index contributed by atoms with van der Waals surface area (Å²) in [6, 6.07) is 2.31. The quantitative estimate of drug-likeness (QED) is 0.537. The van der Waals surface area contributed by atoms with E-state index in [-0.39, 0.29) is 11.0 Å². The second-order valence-corrected chi connectivity index (χ2v) is 10.3. The maximum Gasteiger partial charge on any atom is 0.223 e. The van der Waals surface area contributed by atoms with Crippen LogP contribution in [0.2, 0.25) is 0 Å². The third kappa shape index (κ3) is 3.24. The molecule has 1 amide bonds. The van der Waals surface area contributed by atoms with Crippen molar-refractivity contribution < 1.29 is 4.79 Å². The average molecular weight is 409 g/mol. The number of nitrogens with zero attached hydrogens (tertiary/aromatic N) is 2. The first-order chi connectivity index (χ1) is 14.4. The lowest BCUT2D eigenvalue weighted by atomic mass is 9.52. The largest absolute Gasteiger partial charge is 0.337 e. The number of piperidine rings is 1. The molecule has 3 heteroatoms. The highest BCUT2D eigenvalue weighted by molar-refractivity contribution is 5.78. The molecule has 5 atom stereocenters. The molecule has 1 aromatic rings. The number of aryl methyl sites for hydroxylation is 1. The molecular weight excluding hydrogens is 368 g/mol. The Morgan fingerprint density at radius 1 is 1.07 bits per heavy atom. The molecule has 164 valence electrons. The third-order valence-electron chi connectivity index (χ3n) is 8.93.